The van der Waals surface area contributed by atoms with Crippen molar-refractivity contribution >= 4 is 24.8 Å². The molecule has 27 heavy (non-hydrogen) atoms. The lowest BCUT2D eigenvalue weighted by molar-refractivity contribution is 0.476. The van der Waals surface area contributed by atoms with E-state index in [2.05, 4.69) is 30.7 Å². The highest BCUT2D eigenvalue weighted by Gasteiger charge is 2.15. The van der Waals surface area contributed by atoms with E-state index in [9.17, 15) is 4.79 Å². The van der Waals surface area contributed by atoms with Crippen molar-refractivity contribution in [1.29, 1.82) is 0 Å². The molecule has 0 aromatic carbocycles. The Balaban J connectivity index is 0.00000131. The van der Waals surface area contributed by atoms with Gasteiger partial charge in [-0.2, -0.15) is 5.10 Å². The molecule has 3 aromatic heterocycles. The van der Waals surface area contributed by atoms with Crippen molar-refractivity contribution in [2.75, 3.05) is 6.54 Å². The van der Waals surface area contributed by atoms with Crippen LogP contribution in [0.2, 0.25) is 0 Å². The monoisotopic (exact) mass is 410 g/mol. The summed E-state index contributed by atoms with van der Waals surface area (Å²) in [6.07, 6.45) is 4.65. The van der Waals surface area contributed by atoms with Crippen molar-refractivity contribution in [1.82, 2.24) is 29.2 Å². The largest absolute Gasteiger partial charge is 0.330 e. The molecule has 4 heterocycles. The maximum Gasteiger partial charge on any atom is 0.250 e. The molecule has 0 unspecified atom stereocenters. The number of pyridine rings is 1. The summed E-state index contributed by atoms with van der Waals surface area (Å²) in [5.41, 5.74) is 3.16. The number of fused-ring (bicyclic) bond motifs is 1. The molecule has 3 aromatic rings. The second-order valence-electron chi connectivity index (χ2n) is 6.38. The van der Waals surface area contributed by atoms with Crippen LogP contribution in [0.1, 0.15) is 17.8 Å². The summed E-state index contributed by atoms with van der Waals surface area (Å²) in [6, 6.07) is 7.49. The second kappa shape index (κ2) is 9.21. The van der Waals surface area contributed by atoms with Crippen LogP contribution >= 0.6 is 24.8 Å². The molecule has 0 saturated heterocycles. The lowest BCUT2D eigenvalue weighted by Gasteiger charge is -2.13. The van der Waals surface area contributed by atoms with Crippen LogP contribution in [0, 0.1) is 6.92 Å². The number of halogens is 2. The van der Waals surface area contributed by atoms with Gasteiger partial charge in [0.1, 0.15) is 5.69 Å². The third kappa shape index (κ3) is 4.43. The first kappa shape index (κ1) is 21.2. The van der Waals surface area contributed by atoms with Gasteiger partial charge < -0.3 is 14.5 Å². The molecule has 7 nitrogen and oxygen atoms in total. The molecule has 0 bridgehead atoms. The van der Waals surface area contributed by atoms with E-state index < -0.39 is 0 Å². The third-order valence-electron chi connectivity index (χ3n) is 4.66. The van der Waals surface area contributed by atoms with E-state index in [-0.39, 0.29) is 30.4 Å². The molecular weight excluding hydrogens is 387 g/mol. The van der Waals surface area contributed by atoms with E-state index >= 15 is 0 Å². The minimum Gasteiger partial charge on any atom is -0.330 e. The highest BCUT2D eigenvalue weighted by Crippen LogP contribution is 2.19. The highest BCUT2D eigenvalue weighted by atomic mass is 35.5. The Hall–Kier alpha value is -2.09. The van der Waals surface area contributed by atoms with Gasteiger partial charge in [-0.3, -0.25) is 9.48 Å². The molecule has 0 aliphatic carbocycles. The number of nitrogens with zero attached hydrogens (tertiary/aromatic N) is 5. The fraction of sp³-hybridized carbons (Fsp3) is 0.389. The summed E-state index contributed by atoms with van der Waals surface area (Å²) in [5, 5.41) is 8.04. The number of nitrogens with one attached hydrogen (secondary N) is 1. The fourth-order valence-corrected chi connectivity index (χ4v) is 3.33. The molecule has 0 atom stereocenters. The molecule has 9 heteroatoms. The Morgan fingerprint density at radius 2 is 2.07 bits per heavy atom. The van der Waals surface area contributed by atoms with Crippen LogP contribution in [-0.4, -0.2) is 30.4 Å². The summed E-state index contributed by atoms with van der Waals surface area (Å²) in [6.45, 7) is 6.17. The van der Waals surface area contributed by atoms with Crippen molar-refractivity contribution in [2.24, 2.45) is 0 Å². The molecule has 0 saturated carbocycles. The number of aryl methyl sites for hydroxylation is 2. The van der Waals surface area contributed by atoms with E-state index in [0.717, 1.165) is 49.8 Å². The van der Waals surface area contributed by atoms with Gasteiger partial charge in [0.15, 0.2) is 5.82 Å². The summed E-state index contributed by atoms with van der Waals surface area (Å²) < 4.78 is 5.99. The zero-order valence-corrected chi connectivity index (χ0v) is 16.8. The Morgan fingerprint density at radius 1 is 1.22 bits per heavy atom. The Kier molecular flexibility index (Phi) is 7.24. The zero-order chi connectivity index (χ0) is 17.2. The molecule has 0 amide bonds. The summed E-state index contributed by atoms with van der Waals surface area (Å²) in [4.78, 5) is 16.4. The van der Waals surface area contributed by atoms with Crippen molar-refractivity contribution < 1.29 is 0 Å². The minimum absolute atomic E-state index is 0. The number of hydrogen-bond acceptors (Lipinski definition) is 4. The quantitative estimate of drug-likeness (QED) is 0.699. The lowest BCUT2D eigenvalue weighted by atomic mass is 10.3. The standard InChI is InChI=1S/C18H22N6O.2ClH/c1-14-4-2-5-17(25)23(14)9-3-8-22-10-7-20-18(22)16-12-15-13-19-6-11-24(15)21-16;;/h2,4-5,7,10,12,19H,3,6,8-9,11,13H2,1H3;2*1H. The van der Waals surface area contributed by atoms with Crippen molar-refractivity contribution in [3.63, 3.8) is 0 Å². The molecule has 1 aliphatic heterocycles. The molecule has 146 valence electrons. The normalized spacial score (nSPS) is 12.8. The summed E-state index contributed by atoms with van der Waals surface area (Å²) in [7, 11) is 0. The van der Waals surface area contributed by atoms with Crippen molar-refractivity contribution in [2.45, 2.75) is 39.5 Å². The molecule has 0 spiro atoms. The maximum absolute atomic E-state index is 12.0. The average molecular weight is 411 g/mol. The first-order valence-electron chi connectivity index (χ1n) is 8.68. The van der Waals surface area contributed by atoms with Gasteiger partial charge in [0.25, 0.3) is 5.56 Å². The van der Waals surface area contributed by atoms with Crippen LogP contribution in [0.3, 0.4) is 0 Å². The Morgan fingerprint density at radius 3 is 2.85 bits per heavy atom. The van der Waals surface area contributed by atoms with Crippen LogP contribution in [0.4, 0.5) is 0 Å². The predicted octanol–water partition coefficient (Wildman–Crippen LogP) is 2.25. The number of aromatic nitrogens is 5. The molecular formula is C18H24Cl2N6O. The van der Waals surface area contributed by atoms with Crippen molar-refractivity contribution in [3.8, 4) is 11.5 Å². The van der Waals surface area contributed by atoms with E-state index in [1.165, 1.54) is 5.69 Å². The fourth-order valence-electron chi connectivity index (χ4n) is 3.33. The van der Waals surface area contributed by atoms with Gasteiger partial charge in [-0.15, -0.1) is 24.8 Å². The maximum atomic E-state index is 12.0. The van der Waals surface area contributed by atoms with Crippen LogP contribution in [0.25, 0.3) is 11.5 Å². The van der Waals surface area contributed by atoms with Crippen LogP contribution in [0.15, 0.2) is 41.5 Å². The highest BCUT2D eigenvalue weighted by molar-refractivity contribution is 5.85. The molecule has 0 fully saturated rings. The van der Waals surface area contributed by atoms with E-state index in [1.807, 2.05) is 30.0 Å². The zero-order valence-electron chi connectivity index (χ0n) is 15.2. The van der Waals surface area contributed by atoms with Crippen LogP contribution < -0.4 is 10.9 Å². The number of rotatable bonds is 5. The van der Waals surface area contributed by atoms with E-state index in [1.54, 1.807) is 12.1 Å². The first-order chi connectivity index (χ1) is 12.2. The number of hydrogen-bond donors (Lipinski definition) is 1. The topological polar surface area (TPSA) is 69.7 Å². The van der Waals surface area contributed by atoms with Gasteiger partial charge in [-0.05, 0) is 25.5 Å². The van der Waals surface area contributed by atoms with Gasteiger partial charge in [0, 0.05) is 50.3 Å². The SMILES string of the molecule is Cc1cccc(=O)n1CCCn1ccnc1-c1cc2n(n1)CCNC2.Cl.Cl. The van der Waals surface area contributed by atoms with E-state index in [4.69, 9.17) is 0 Å². The number of imidazole rings is 1. The van der Waals surface area contributed by atoms with Gasteiger partial charge in [-0.25, -0.2) is 4.98 Å². The Labute approximate surface area is 170 Å². The average Bonchev–Trinajstić information content (AvgIpc) is 3.23. The van der Waals surface area contributed by atoms with E-state index in [0.29, 0.717) is 6.54 Å². The lowest BCUT2D eigenvalue weighted by Crippen LogP contribution is -2.28. The van der Waals surface area contributed by atoms with Crippen LogP contribution in [-0.2, 0) is 26.2 Å². The van der Waals surface area contributed by atoms with Gasteiger partial charge in [0.2, 0.25) is 0 Å². The predicted molar refractivity (Wildman–Crippen MR) is 110 cm³/mol. The van der Waals surface area contributed by atoms with Gasteiger partial charge in [0.05, 0.1) is 12.2 Å². The third-order valence-corrected chi connectivity index (χ3v) is 4.66. The minimum atomic E-state index is 0. The summed E-state index contributed by atoms with van der Waals surface area (Å²) >= 11 is 0. The molecule has 4 rings (SSSR count). The molecule has 0 radical (unpaired) electrons. The smallest absolute Gasteiger partial charge is 0.250 e. The molecule has 1 N–H and O–H groups in total. The molecule has 1 aliphatic rings. The van der Waals surface area contributed by atoms with Gasteiger partial charge >= 0.3 is 0 Å². The van der Waals surface area contributed by atoms with Gasteiger partial charge in [-0.1, -0.05) is 6.07 Å². The second-order valence-corrected chi connectivity index (χ2v) is 6.38. The Bertz CT molecular complexity index is 922. The van der Waals surface area contributed by atoms with Crippen LogP contribution in [0.5, 0.6) is 0 Å². The van der Waals surface area contributed by atoms with Crippen molar-refractivity contribution in [3.05, 3.63) is 58.4 Å². The summed E-state index contributed by atoms with van der Waals surface area (Å²) in [5.74, 6) is 0.888. The first-order valence-corrected chi connectivity index (χ1v) is 8.68.